The van der Waals surface area contributed by atoms with Gasteiger partial charge in [-0.15, -0.1) is 11.3 Å². The third-order valence-electron chi connectivity index (χ3n) is 2.95. The molecule has 0 spiro atoms. The third kappa shape index (κ3) is 3.77. The molecule has 5 nitrogen and oxygen atoms in total. The average Bonchev–Trinajstić information content (AvgIpc) is 2.84. The van der Waals surface area contributed by atoms with E-state index < -0.39 is 10.0 Å². The van der Waals surface area contributed by atoms with E-state index in [0.717, 1.165) is 43.7 Å². The van der Waals surface area contributed by atoms with Crippen molar-refractivity contribution in [2.24, 2.45) is 0 Å². The molecule has 1 aromatic rings. The first kappa shape index (κ1) is 15.0. The molecule has 1 aliphatic heterocycles. The van der Waals surface area contributed by atoms with Crippen molar-refractivity contribution < 1.29 is 13.2 Å². The summed E-state index contributed by atoms with van der Waals surface area (Å²) in [6.45, 7) is 1.28. The molecule has 1 aliphatic rings. The standard InChI is InChI=1S/C11H15BrN2O3S2/c12-9-4-7-18-11(9)19(16,17)13-8-10(15)14-5-2-1-3-6-14/h4,7,13H,1-3,5-6,8H2. The molecule has 1 amide bonds. The van der Waals surface area contributed by atoms with Crippen LogP contribution in [0.25, 0.3) is 0 Å². The van der Waals surface area contributed by atoms with Gasteiger partial charge in [-0.3, -0.25) is 4.79 Å². The van der Waals surface area contributed by atoms with Crippen LogP contribution < -0.4 is 4.72 Å². The second-order valence-corrected chi connectivity index (χ2v) is 8.05. The summed E-state index contributed by atoms with van der Waals surface area (Å²) in [5.41, 5.74) is 0. The second-order valence-electron chi connectivity index (χ2n) is 4.32. The summed E-state index contributed by atoms with van der Waals surface area (Å²) in [6, 6.07) is 1.67. The van der Waals surface area contributed by atoms with Crippen molar-refractivity contribution in [3.8, 4) is 0 Å². The monoisotopic (exact) mass is 366 g/mol. The van der Waals surface area contributed by atoms with Gasteiger partial charge in [-0.25, -0.2) is 13.1 Å². The summed E-state index contributed by atoms with van der Waals surface area (Å²) in [7, 11) is -3.61. The zero-order valence-corrected chi connectivity index (χ0v) is 13.5. The topological polar surface area (TPSA) is 66.5 Å². The number of halogens is 1. The minimum atomic E-state index is -3.61. The highest BCUT2D eigenvalue weighted by Gasteiger charge is 2.22. The molecule has 1 aromatic heterocycles. The Labute approximate surface area is 125 Å². The fourth-order valence-electron chi connectivity index (χ4n) is 1.95. The summed E-state index contributed by atoms with van der Waals surface area (Å²) in [5, 5.41) is 1.69. The molecule has 8 heteroatoms. The Kier molecular flexibility index (Phi) is 4.99. The minimum absolute atomic E-state index is 0.157. The lowest BCUT2D eigenvalue weighted by Gasteiger charge is -2.26. The Hall–Kier alpha value is -0.440. The SMILES string of the molecule is O=C(CNS(=O)(=O)c1sccc1Br)N1CCCCC1. The van der Waals surface area contributed by atoms with Crippen molar-refractivity contribution in [1.82, 2.24) is 9.62 Å². The molecule has 1 saturated heterocycles. The van der Waals surface area contributed by atoms with E-state index in [2.05, 4.69) is 20.7 Å². The second kappa shape index (κ2) is 6.34. The highest BCUT2D eigenvalue weighted by atomic mass is 79.9. The highest BCUT2D eigenvalue weighted by molar-refractivity contribution is 9.10. The molecule has 2 rings (SSSR count). The van der Waals surface area contributed by atoms with Crippen LogP contribution in [0.3, 0.4) is 0 Å². The van der Waals surface area contributed by atoms with E-state index in [1.165, 1.54) is 0 Å². The molecule has 0 saturated carbocycles. The van der Waals surface area contributed by atoms with Crippen LogP contribution in [-0.4, -0.2) is 38.9 Å². The molecule has 2 heterocycles. The molecule has 0 unspecified atom stereocenters. The minimum Gasteiger partial charge on any atom is -0.342 e. The van der Waals surface area contributed by atoms with Crippen molar-refractivity contribution in [3.63, 3.8) is 0 Å². The molecular formula is C11H15BrN2O3S2. The fourth-order valence-corrected chi connectivity index (χ4v) is 5.30. The number of hydrogen-bond donors (Lipinski definition) is 1. The van der Waals surface area contributed by atoms with Gasteiger partial charge in [0.2, 0.25) is 5.91 Å². The lowest BCUT2D eigenvalue weighted by Crippen LogP contribution is -2.42. The molecule has 0 radical (unpaired) electrons. The Morgan fingerprint density at radius 1 is 1.37 bits per heavy atom. The summed E-state index contributed by atoms with van der Waals surface area (Å²) >= 11 is 4.30. The van der Waals surface area contributed by atoms with E-state index in [0.29, 0.717) is 4.47 Å². The maximum Gasteiger partial charge on any atom is 0.251 e. The lowest BCUT2D eigenvalue weighted by molar-refractivity contribution is -0.130. The first-order valence-corrected chi connectivity index (χ1v) is 9.17. The Bertz CT molecular complexity index is 550. The number of thiophene rings is 1. The number of carbonyl (C=O) groups is 1. The molecule has 0 aliphatic carbocycles. The summed E-state index contributed by atoms with van der Waals surface area (Å²) < 4.78 is 27.1. The Morgan fingerprint density at radius 2 is 2.05 bits per heavy atom. The van der Waals surface area contributed by atoms with E-state index in [9.17, 15) is 13.2 Å². The molecule has 1 N–H and O–H groups in total. The zero-order valence-electron chi connectivity index (χ0n) is 10.3. The van der Waals surface area contributed by atoms with Crippen LogP contribution in [-0.2, 0) is 14.8 Å². The number of piperidine rings is 1. The Balaban J connectivity index is 1.94. The molecule has 0 aromatic carbocycles. The number of sulfonamides is 1. The van der Waals surface area contributed by atoms with Gasteiger partial charge in [-0.1, -0.05) is 0 Å². The van der Waals surface area contributed by atoms with Crippen LogP contribution in [0, 0.1) is 0 Å². The van der Waals surface area contributed by atoms with Crippen molar-refractivity contribution in [2.75, 3.05) is 19.6 Å². The number of nitrogens with zero attached hydrogens (tertiary/aromatic N) is 1. The number of nitrogens with one attached hydrogen (secondary N) is 1. The maximum absolute atomic E-state index is 12.0. The van der Waals surface area contributed by atoms with E-state index in [-0.39, 0.29) is 16.7 Å². The molecular weight excluding hydrogens is 352 g/mol. The number of amides is 1. The maximum atomic E-state index is 12.0. The summed E-state index contributed by atoms with van der Waals surface area (Å²) in [6.07, 6.45) is 3.13. The molecule has 106 valence electrons. The van der Waals surface area contributed by atoms with Gasteiger partial charge in [0.05, 0.1) is 6.54 Å². The quantitative estimate of drug-likeness (QED) is 0.883. The smallest absolute Gasteiger partial charge is 0.251 e. The number of carbonyl (C=O) groups excluding carboxylic acids is 1. The van der Waals surface area contributed by atoms with Gasteiger partial charge in [-0.05, 0) is 46.6 Å². The molecule has 19 heavy (non-hydrogen) atoms. The summed E-state index contributed by atoms with van der Waals surface area (Å²) in [5.74, 6) is -0.157. The van der Waals surface area contributed by atoms with Gasteiger partial charge in [0.15, 0.2) is 0 Å². The predicted octanol–water partition coefficient (Wildman–Crippen LogP) is 1.80. The van der Waals surface area contributed by atoms with Gasteiger partial charge in [-0.2, -0.15) is 0 Å². The number of hydrogen-bond acceptors (Lipinski definition) is 4. The van der Waals surface area contributed by atoms with E-state index in [1.54, 1.807) is 16.3 Å². The van der Waals surface area contributed by atoms with Gasteiger partial charge in [0.25, 0.3) is 10.0 Å². The van der Waals surface area contributed by atoms with E-state index in [4.69, 9.17) is 0 Å². The van der Waals surface area contributed by atoms with Crippen LogP contribution in [0.2, 0.25) is 0 Å². The van der Waals surface area contributed by atoms with E-state index in [1.807, 2.05) is 0 Å². The zero-order chi connectivity index (χ0) is 13.9. The van der Waals surface area contributed by atoms with Crippen molar-refractivity contribution >= 4 is 43.2 Å². The predicted molar refractivity (Wildman–Crippen MR) is 77.6 cm³/mol. The lowest BCUT2D eigenvalue weighted by atomic mass is 10.1. The largest absolute Gasteiger partial charge is 0.342 e. The van der Waals surface area contributed by atoms with Gasteiger partial charge in [0.1, 0.15) is 4.21 Å². The van der Waals surface area contributed by atoms with Crippen LogP contribution in [0.1, 0.15) is 19.3 Å². The summed E-state index contributed by atoms with van der Waals surface area (Å²) in [4.78, 5) is 13.6. The number of likely N-dealkylation sites (tertiary alicyclic amines) is 1. The first-order chi connectivity index (χ1) is 9.00. The van der Waals surface area contributed by atoms with Crippen LogP contribution in [0.15, 0.2) is 20.1 Å². The molecule has 0 atom stereocenters. The highest BCUT2D eigenvalue weighted by Crippen LogP contribution is 2.27. The van der Waals surface area contributed by atoms with Gasteiger partial charge < -0.3 is 4.90 Å². The van der Waals surface area contributed by atoms with Crippen molar-refractivity contribution in [2.45, 2.75) is 23.5 Å². The van der Waals surface area contributed by atoms with Crippen molar-refractivity contribution in [1.29, 1.82) is 0 Å². The van der Waals surface area contributed by atoms with Gasteiger partial charge in [0, 0.05) is 17.6 Å². The third-order valence-corrected chi connectivity index (χ3v) is 7.02. The van der Waals surface area contributed by atoms with Crippen LogP contribution in [0.5, 0.6) is 0 Å². The molecule has 0 bridgehead atoms. The van der Waals surface area contributed by atoms with Crippen LogP contribution in [0.4, 0.5) is 0 Å². The fraction of sp³-hybridized carbons (Fsp3) is 0.545. The first-order valence-electron chi connectivity index (χ1n) is 6.01. The normalized spacial score (nSPS) is 16.6. The Morgan fingerprint density at radius 3 is 2.63 bits per heavy atom. The van der Waals surface area contributed by atoms with Gasteiger partial charge >= 0.3 is 0 Å². The molecule has 1 fully saturated rings. The number of rotatable bonds is 4. The van der Waals surface area contributed by atoms with Crippen molar-refractivity contribution in [3.05, 3.63) is 15.9 Å². The average molecular weight is 367 g/mol. The van der Waals surface area contributed by atoms with E-state index >= 15 is 0 Å². The van der Waals surface area contributed by atoms with Crippen LogP contribution >= 0.6 is 27.3 Å².